The van der Waals surface area contributed by atoms with Crippen LogP contribution in [0.4, 0.5) is 0 Å². The Labute approximate surface area is 162 Å². The summed E-state index contributed by atoms with van der Waals surface area (Å²) in [6.07, 6.45) is 2.61. The Morgan fingerprint density at radius 1 is 1.11 bits per heavy atom. The molecule has 8 nitrogen and oxygen atoms in total. The van der Waals surface area contributed by atoms with Gasteiger partial charge in [-0.05, 0) is 49.3 Å². The Balaban J connectivity index is 2.44. The highest BCUT2D eigenvalue weighted by atomic mass is 32.2. The van der Waals surface area contributed by atoms with Gasteiger partial charge in [0.25, 0.3) is 5.91 Å². The van der Waals surface area contributed by atoms with Crippen LogP contribution in [0.3, 0.4) is 0 Å². The Morgan fingerprint density at radius 2 is 1.81 bits per heavy atom. The van der Waals surface area contributed by atoms with Crippen LogP contribution in [0.15, 0.2) is 28.5 Å². The van der Waals surface area contributed by atoms with Crippen molar-refractivity contribution in [3.8, 4) is 0 Å². The molecule has 0 fully saturated rings. The predicted molar refractivity (Wildman–Crippen MR) is 108 cm³/mol. The summed E-state index contributed by atoms with van der Waals surface area (Å²) in [4.78, 5) is 24.3. The molecule has 0 aromatic heterocycles. The maximum Gasteiger partial charge on any atom is 0.251 e. The van der Waals surface area contributed by atoms with E-state index in [0.717, 1.165) is 11.1 Å². The zero-order valence-corrected chi connectivity index (χ0v) is 16.3. The molecule has 0 saturated heterocycles. The number of nitrogens with zero attached hydrogens (tertiary/aromatic N) is 2. The minimum Gasteiger partial charge on any atom is -0.354 e. The molecule has 1 aliphatic rings. The number of carbonyl (C=O) groups is 2. The summed E-state index contributed by atoms with van der Waals surface area (Å²) in [5, 5.41) is 21.3. The fraction of sp³-hybridized carbons (Fsp3) is 0.389. The number of benzene rings is 1. The van der Waals surface area contributed by atoms with Crippen LogP contribution in [0.25, 0.3) is 5.70 Å². The second kappa shape index (κ2) is 9.86. The smallest absolute Gasteiger partial charge is 0.251 e. The Hall–Kier alpha value is -2.68. The van der Waals surface area contributed by atoms with E-state index in [4.69, 9.17) is 11.3 Å². The van der Waals surface area contributed by atoms with Crippen molar-refractivity contribution < 1.29 is 9.59 Å². The summed E-state index contributed by atoms with van der Waals surface area (Å²) < 4.78 is 0. The zero-order valence-electron chi connectivity index (χ0n) is 15.5. The number of aryl methyl sites for hydroxylation is 2. The SMILES string of the molecule is Cc1cc(C)c2cc1C(=O)NCCNC(=O)CCCSC(=N)C=C2N=NN. The zero-order chi connectivity index (χ0) is 19.8. The summed E-state index contributed by atoms with van der Waals surface area (Å²) in [6.45, 7) is 4.49. The van der Waals surface area contributed by atoms with Gasteiger partial charge in [0.2, 0.25) is 5.91 Å². The minimum absolute atomic E-state index is 0.0644. The van der Waals surface area contributed by atoms with Gasteiger partial charge in [-0.1, -0.05) is 11.3 Å². The van der Waals surface area contributed by atoms with E-state index in [1.165, 1.54) is 11.8 Å². The molecule has 0 atom stereocenters. The minimum atomic E-state index is -0.233. The largest absolute Gasteiger partial charge is 0.354 e. The van der Waals surface area contributed by atoms with Gasteiger partial charge < -0.3 is 16.5 Å². The molecule has 1 aromatic carbocycles. The first-order valence-corrected chi connectivity index (χ1v) is 9.61. The van der Waals surface area contributed by atoms with Crippen LogP contribution < -0.4 is 16.5 Å². The van der Waals surface area contributed by atoms with Crippen LogP contribution >= 0.6 is 11.8 Å². The molecular weight excluding hydrogens is 364 g/mol. The molecule has 0 saturated carbocycles. The van der Waals surface area contributed by atoms with Gasteiger partial charge in [-0.2, -0.15) is 0 Å². The molecule has 1 aromatic rings. The van der Waals surface area contributed by atoms with Crippen molar-refractivity contribution in [3.63, 3.8) is 0 Å². The number of rotatable bonds is 1. The van der Waals surface area contributed by atoms with Crippen molar-refractivity contribution in [2.75, 3.05) is 18.8 Å². The molecule has 0 aliphatic carbocycles. The number of thioether (sulfide) groups is 1. The molecule has 2 amide bonds. The van der Waals surface area contributed by atoms with Crippen LogP contribution in [0.5, 0.6) is 0 Å². The summed E-state index contributed by atoms with van der Waals surface area (Å²) in [5.74, 6) is 5.59. The number of fused-ring (bicyclic) bond motifs is 2. The first-order valence-electron chi connectivity index (χ1n) is 8.63. The molecule has 0 spiro atoms. The average molecular weight is 388 g/mol. The maximum atomic E-state index is 12.5. The number of hydrogen-bond acceptors (Lipinski definition) is 6. The number of amides is 2. The fourth-order valence-corrected chi connectivity index (χ4v) is 3.44. The normalized spacial score (nSPS) is 17.4. The van der Waals surface area contributed by atoms with Gasteiger partial charge in [-0.3, -0.25) is 15.0 Å². The first kappa shape index (κ1) is 20.6. The van der Waals surface area contributed by atoms with Crippen molar-refractivity contribution in [1.82, 2.24) is 10.6 Å². The number of nitrogens with two attached hydrogens (primary N) is 1. The summed E-state index contributed by atoms with van der Waals surface area (Å²) in [6, 6.07) is 3.63. The first-order chi connectivity index (χ1) is 12.9. The van der Waals surface area contributed by atoms with Crippen LogP contribution in [0.1, 0.15) is 39.9 Å². The number of carbonyl (C=O) groups excluding carboxylic acids is 2. The topological polar surface area (TPSA) is 133 Å². The third kappa shape index (κ3) is 5.92. The van der Waals surface area contributed by atoms with Crippen molar-refractivity contribution in [2.45, 2.75) is 26.7 Å². The molecule has 5 N–H and O–H groups in total. The predicted octanol–water partition coefficient (Wildman–Crippen LogP) is 2.32. The van der Waals surface area contributed by atoms with E-state index in [1.54, 1.807) is 12.1 Å². The molecule has 1 heterocycles. The van der Waals surface area contributed by atoms with Gasteiger partial charge in [-0.25, -0.2) is 0 Å². The highest BCUT2D eigenvalue weighted by Gasteiger charge is 2.15. The summed E-state index contributed by atoms with van der Waals surface area (Å²) in [7, 11) is 0. The Morgan fingerprint density at radius 3 is 2.56 bits per heavy atom. The van der Waals surface area contributed by atoms with Gasteiger partial charge in [0.1, 0.15) is 0 Å². The molecule has 0 unspecified atom stereocenters. The van der Waals surface area contributed by atoms with E-state index in [9.17, 15) is 9.59 Å². The van der Waals surface area contributed by atoms with E-state index in [0.29, 0.717) is 48.5 Å². The molecule has 1 aliphatic heterocycles. The molecule has 9 heteroatoms. The van der Waals surface area contributed by atoms with E-state index in [1.807, 2.05) is 19.9 Å². The van der Waals surface area contributed by atoms with Crippen LogP contribution in [-0.4, -0.2) is 35.7 Å². The van der Waals surface area contributed by atoms with Crippen molar-refractivity contribution in [1.29, 1.82) is 5.41 Å². The second-order valence-corrected chi connectivity index (χ2v) is 7.29. The Kier molecular flexibility index (Phi) is 7.54. The van der Waals surface area contributed by atoms with Gasteiger partial charge in [0, 0.05) is 30.6 Å². The highest BCUT2D eigenvalue weighted by Crippen LogP contribution is 2.25. The summed E-state index contributed by atoms with van der Waals surface area (Å²) >= 11 is 1.32. The molecule has 27 heavy (non-hydrogen) atoms. The second-order valence-electron chi connectivity index (χ2n) is 6.15. The van der Waals surface area contributed by atoms with Crippen molar-refractivity contribution >= 4 is 34.3 Å². The number of nitrogens with one attached hydrogen (secondary N) is 3. The average Bonchev–Trinajstić information content (AvgIpc) is 2.61. The van der Waals surface area contributed by atoms with E-state index in [-0.39, 0.29) is 16.9 Å². The van der Waals surface area contributed by atoms with E-state index in [2.05, 4.69) is 21.0 Å². The lowest BCUT2D eigenvalue weighted by molar-refractivity contribution is -0.121. The monoisotopic (exact) mass is 388 g/mol. The van der Waals surface area contributed by atoms with Gasteiger partial charge in [-0.15, -0.1) is 16.9 Å². The lowest BCUT2D eigenvalue weighted by Gasteiger charge is -2.13. The fourth-order valence-electron chi connectivity index (χ4n) is 2.74. The van der Waals surface area contributed by atoms with Crippen LogP contribution in [0, 0.1) is 19.3 Å². The molecule has 0 radical (unpaired) electrons. The molecule has 2 rings (SSSR count). The van der Waals surface area contributed by atoms with Crippen LogP contribution in [0.2, 0.25) is 0 Å². The molecule has 2 bridgehead atoms. The van der Waals surface area contributed by atoms with Gasteiger partial charge >= 0.3 is 0 Å². The molecule has 144 valence electrons. The lowest BCUT2D eigenvalue weighted by Crippen LogP contribution is -2.35. The standard InChI is InChI=1S/C18H24N6O2S/c1-11-8-12(2)14-9-13(11)15(23-24-20)10-16(19)27-7-3-4-17(25)21-5-6-22-18(14)26/h8-10,19H,3-7H2,1-2H3,(H2,20,23)(H,21,25)(H,22,26). The number of hydrogen-bond donors (Lipinski definition) is 4. The molecular formula is C18H24N6O2S. The van der Waals surface area contributed by atoms with Gasteiger partial charge in [0.15, 0.2) is 0 Å². The van der Waals surface area contributed by atoms with Crippen molar-refractivity contribution in [2.24, 2.45) is 16.2 Å². The maximum absolute atomic E-state index is 12.5. The third-order valence-corrected chi connectivity index (χ3v) is 4.99. The Bertz CT molecular complexity index is 803. The van der Waals surface area contributed by atoms with Gasteiger partial charge in [0.05, 0.1) is 10.7 Å². The third-order valence-electron chi connectivity index (χ3n) is 4.06. The summed E-state index contributed by atoms with van der Waals surface area (Å²) in [5.41, 5.74) is 3.37. The van der Waals surface area contributed by atoms with Crippen LogP contribution in [-0.2, 0) is 4.79 Å². The van der Waals surface area contributed by atoms with Crippen molar-refractivity contribution in [3.05, 3.63) is 40.5 Å². The highest BCUT2D eigenvalue weighted by molar-refractivity contribution is 8.14. The van der Waals surface area contributed by atoms with E-state index < -0.39 is 0 Å². The van der Waals surface area contributed by atoms with E-state index >= 15 is 0 Å². The lowest BCUT2D eigenvalue weighted by atomic mass is 9.97. The quantitative estimate of drug-likeness (QED) is 0.334.